The number of thiophene rings is 1. The third-order valence-electron chi connectivity index (χ3n) is 5.80. The van der Waals surface area contributed by atoms with Crippen molar-refractivity contribution in [2.45, 2.75) is 64.1 Å². The fourth-order valence-corrected chi connectivity index (χ4v) is 5.41. The number of carbonyl (C=O) groups is 1. The van der Waals surface area contributed by atoms with Gasteiger partial charge >= 0.3 is 0 Å². The molecule has 1 heterocycles. The van der Waals surface area contributed by atoms with Crippen LogP contribution in [0.4, 0.5) is 4.39 Å². The molecule has 2 saturated carbocycles. The standard InChI is InChI=1S/C21H26FNO2S/c1-13-6-8-14(9-7-13)23(15-10-11-15)21(24)20-16(12-25-2)19-17(22)4-3-5-18(19)26-20/h3-5,13-15H,6-12H2,1-2H3. The van der Waals surface area contributed by atoms with Crippen LogP contribution in [-0.4, -0.2) is 30.0 Å². The van der Waals surface area contributed by atoms with Gasteiger partial charge in [-0.3, -0.25) is 4.79 Å². The lowest BCUT2D eigenvalue weighted by Crippen LogP contribution is -2.43. The van der Waals surface area contributed by atoms with E-state index < -0.39 is 0 Å². The molecule has 0 spiro atoms. The second kappa shape index (κ2) is 7.28. The number of benzene rings is 1. The van der Waals surface area contributed by atoms with E-state index >= 15 is 0 Å². The Labute approximate surface area is 158 Å². The highest BCUT2D eigenvalue weighted by molar-refractivity contribution is 7.21. The fourth-order valence-electron chi connectivity index (χ4n) is 4.24. The van der Waals surface area contributed by atoms with E-state index in [-0.39, 0.29) is 18.3 Å². The van der Waals surface area contributed by atoms with Crippen LogP contribution in [0.25, 0.3) is 10.1 Å². The van der Waals surface area contributed by atoms with Gasteiger partial charge in [0.1, 0.15) is 5.82 Å². The third-order valence-corrected chi connectivity index (χ3v) is 6.98. The first-order valence-electron chi connectivity index (χ1n) is 9.61. The Morgan fingerprint density at radius 3 is 2.46 bits per heavy atom. The second-order valence-corrected chi connectivity index (χ2v) is 8.87. The monoisotopic (exact) mass is 375 g/mol. The summed E-state index contributed by atoms with van der Waals surface area (Å²) in [6, 6.07) is 5.76. The number of hydrogen-bond donors (Lipinski definition) is 0. The number of methoxy groups -OCH3 is 1. The van der Waals surface area contributed by atoms with Crippen molar-refractivity contribution in [3.8, 4) is 0 Å². The Bertz CT molecular complexity index is 806. The Balaban J connectivity index is 1.72. The topological polar surface area (TPSA) is 29.5 Å². The molecule has 140 valence electrons. The lowest BCUT2D eigenvalue weighted by atomic mass is 9.86. The summed E-state index contributed by atoms with van der Waals surface area (Å²) < 4.78 is 20.6. The zero-order valence-electron chi connectivity index (χ0n) is 15.5. The molecule has 5 heteroatoms. The summed E-state index contributed by atoms with van der Waals surface area (Å²) in [5, 5.41) is 0.552. The molecular weight excluding hydrogens is 349 g/mol. The Morgan fingerprint density at radius 1 is 1.19 bits per heavy atom. The molecular formula is C21H26FNO2S. The van der Waals surface area contributed by atoms with Crippen molar-refractivity contribution in [3.63, 3.8) is 0 Å². The van der Waals surface area contributed by atoms with Crippen molar-refractivity contribution >= 4 is 27.3 Å². The maximum Gasteiger partial charge on any atom is 0.264 e. The molecule has 26 heavy (non-hydrogen) atoms. The summed E-state index contributed by atoms with van der Waals surface area (Å²) in [4.78, 5) is 16.3. The number of carbonyl (C=O) groups excluding carboxylic acids is 1. The van der Waals surface area contributed by atoms with E-state index in [1.807, 2.05) is 6.07 Å². The van der Waals surface area contributed by atoms with E-state index in [0.717, 1.165) is 36.3 Å². The van der Waals surface area contributed by atoms with Gasteiger partial charge in [-0.05, 0) is 56.6 Å². The average molecular weight is 376 g/mol. The van der Waals surface area contributed by atoms with Gasteiger partial charge < -0.3 is 9.64 Å². The van der Waals surface area contributed by atoms with Gasteiger partial charge in [0.25, 0.3) is 5.91 Å². The van der Waals surface area contributed by atoms with Crippen molar-refractivity contribution in [3.05, 3.63) is 34.5 Å². The number of amides is 1. The highest BCUT2D eigenvalue weighted by atomic mass is 32.1. The van der Waals surface area contributed by atoms with Crippen LogP contribution in [0.5, 0.6) is 0 Å². The molecule has 2 aromatic rings. The van der Waals surface area contributed by atoms with E-state index in [2.05, 4.69) is 11.8 Å². The molecule has 4 rings (SSSR count). The number of fused-ring (bicyclic) bond motifs is 1. The van der Waals surface area contributed by atoms with Gasteiger partial charge in [-0.1, -0.05) is 13.0 Å². The molecule has 2 aliphatic carbocycles. The molecule has 2 fully saturated rings. The summed E-state index contributed by atoms with van der Waals surface area (Å²) in [5.74, 6) is 0.568. The SMILES string of the molecule is COCc1c(C(=O)N(C2CCC(C)CC2)C2CC2)sc2cccc(F)c12. The van der Waals surface area contributed by atoms with Crippen molar-refractivity contribution in [1.82, 2.24) is 4.90 Å². The highest BCUT2D eigenvalue weighted by Crippen LogP contribution is 2.40. The first-order valence-corrected chi connectivity index (χ1v) is 10.4. The minimum Gasteiger partial charge on any atom is -0.380 e. The summed E-state index contributed by atoms with van der Waals surface area (Å²) in [7, 11) is 1.60. The first kappa shape index (κ1) is 17.9. The second-order valence-electron chi connectivity index (χ2n) is 7.81. The summed E-state index contributed by atoms with van der Waals surface area (Å²) in [5.41, 5.74) is 0.713. The van der Waals surface area contributed by atoms with Crippen molar-refractivity contribution < 1.29 is 13.9 Å². The van der Waals surface area contributed by atoms with Gasteiger partial charge in [-0.15, -0.1) is 11.3 Å². The van der Waals surface area contributed by atoms with Gasteiger partial charge in [-0.2, -0.15) is 0 Å². The van der Waals surface area contributed by atoms with E-state index in [0.29, 0.717) is 27.9 Å². The average Bonchev–Trinajstić information content (AvgIpc) is 3.39. The normalized spacial score (nSPS) is 23.3. The molecule has 1 aromatic heterocycles. The van der Waals surface area contributed by atoms with Crippen LogP contribution in [0.15, 0.2) is 18.2 Å². The highest BCUT2D eigenvalue weighted by Gasteiger charge is 2.40. The smallest absolute Gasteiger partial charge is 0.264 e. The molecule has 1 amide bonds. The zero-order chi connectivity index (χ0) is 18.3. The van der Waals surface area contributed by atoms with Gasteiger partial charge in [0.05, 0.1) is 11.5 Å². The molecule has 0 bridgehead atoms. The molecule has 2 aliphatic rings. The minimum absolute atomic E-state index is 0.0831. The summed E-state index contributed by atoms with van der Waals surface area (Å²) in [6.45, 7) is 2.56. The number of rotatable bonds is 5. The maximum absolute atomic E-state index is 14.4. The molecule has 0 saturated heterocycles. The van der Waals surface area contributed by atoms with Crippen LogP contribution in [0, 0.1) is 11.7 Å². The molecule has 0 N–H and O–H groups in total. The van der Waals surface area contributed by atoms with Gasteiger partial charge in [0, 0.05) is 34.8 Å². The lowest BCUT2D eigenvalue weighted by Gasteiger charge is -2.36. The van der Waals surface area contributed by atoms with Crippen LogP contribution in [0.3, 0.4) is 0 Å². The Morgan fingerprint density at radius 2 is 1.85 bits per heavy atom. The van der Waals surface area contributed by atoms with E-state index in [9.17, 15) is 9.18 Å². The fraction of sp³-hybridized carbons (Fsp3) is 0.571. The Kier molecular flexibility index (Phi) is 5.02. The predicted octanol–water partition coefficient (Wildman–Crippen LogP) is 5.37. The van der Waals surface area contributed by atoms with Gasteiger partial charge in [-0.25, -0.2) is 4.39 Å². The third kappa shape index (κ3) is 3.27. The Hall–Kier alpha value is -1.46. The number of hydrogen-bond acceptors (Lipinski definition) is 3. The van der Waals surface area contributed by atoms with E-state index in [4.69, 9.17) is 4.74 Å². The van der Waals surface area contributed by atoms with E-state index in [1.54, 1.807) is 13.2 Å². The molecule has 0 unspecified atom stereocenters. The van der Waals surface area contributed by atoms with Crippen molar-refractivity contribution in [2.75, 3.05) is 7.11 Å². The van der Waals surface area contributed by atoms with Gasteiger partial charge in [0.15, 0.2) is 0 Å². The molecule has 0 radical (unpaired) electrons. The van der Waals surface area contributed by atoms with Crippen LogP contribution >= 0.6 is 11.3 Å². The minimum atomic E-state index is -0.269. The van der Waals surface area contributed by atoms with Crippen LogP contribution in [0.2, 0.25) is 0 Å². The van der Waals surface area contributed by atoms with Gasteiger partial charge in [0.2, 0.25) is 0 Å². The quantitative estimate of drug-likeness (QED) is 0.703. The van der Waals surface area contributed by atoms with Crippen molar-refractivity contribution in [1.29, 1.82) is 0 Å². The number of nitrogens with zero attached hydrogens (tertiary/aromatic N) is 1. The lowest BCUT2D eigenvalue weighted by molar-refractivity contribution is 0.0594. The molecule has 3 nitrogen and oxygen atoms in total. The van der Waals surface area contributed by atoms with Crippen LogP contribution in [-0.2, 0) is 11.3 Å². The number of halogens is 1. The summed E-state index contributed by atoms with van der Waals surface area (Å²) >= 11 is 1.41. The number of ether oxygens (including phenoxy) is 1. The van der Waals surface area contributed by atoms with Crippen LogP contribution < -0.4 is 0 Å². The molecule has 0 atom stereocenters. The maximum atomic E-state index is 14.4. The molecule has 1 aromatic carbocycles. The van der Waals surface area contributed by atoms with Crippen molar-refractivity contribution in [2.24, 2.45) is 5.92 Å². The predicted molar refractivity (Wildman–Crippen MR) is 103 cm³/mol. The largest absolute Gasteiger partial charge is 0.380 e. The van der Waals surface area contributed by atoms with E-state index in [1.165, 1.54) is 30.2 Å². The first-order chi connectivity index (χ1) is 12.6. The summed E-state index contributed by atoms with van der Waals surface area (Å²) in [6.07, 6.45) is 6.73. The zero-order valence-corrected chi connectivity index (χ0v) is 16.3. The van der Waals surface area contributed by atoms with Crippen LogP contribution in [0.1, 0.15) is 60.7 Å². The molecule has 0 aliphatic heterocycles.